The van der Waals surface area contributed by atoms with Crippen molar-refractivity contribution >= 4 is 17.5 Å². The third kappa shape index (κ3) is 2.71. The first kappa shape index (κ1) is 11.7. The lowest BCUT2D eigenvalue weighted by atomic mass is 10.3. The van der Waals surface area contributed by atoms with E-state index >= 15 is 0 Å². The highest BCUT2D eigenvalue weighted by atomic mass is 35.5. The molecule has 7 nitrogen and oxygen atoms in total. The van der Waals surface area contributed by atoms with Crippen molar-refractivity contribution in [1.29, 1.82) is 0 Å². The van der Waals surface area contributed by atoms with Gasteiger partial charge in [-0.25, -0.2) is 4.98 Å². The smallest absolute Gasteiger partial charge is 0.241 e. The lowest BCUT2D eigenvalue weighted by Crippen LogP contribution is -2.08. The van der Waals surface area contributed by atoms with E-state index in [2.05, 4.69) is 25.3 Å². The van der Waals surface area contributed by atoms with Crippen LogP contribution in [0, 0.1) is 0 Å². The van der Waals surface area contributed by atoms with Crippen LogP contribution < -0.4 is 5.32 Å². The summed E-state index contributed by atoms with van der Waals surface area (Å²) in [5, 5.41) is 3.17. The fourth-order valence-corrected chi connectivity index (χ4v) is 1.64. The summed E-state index contributed by atoms with van der Waals surface area (Å²) in [5.41, 5.74) is 0.987. The molecule has 0 aliphatic rings. The first-order valence-electron chi connectivity index (χ1n) is 5.46. The molecule has 3 rings (SSSR count). The first-order chi connectivity index (χ1) is 9.31. The molecule has 0 spiro atoms. The summed E-state index contributed by atoms with van der Waals surface area (Å²) in [5.74, 6) is 0.803. The SMILES string of the molecule is Clc1nc(NCc2ccoc2)nc(-n2ccnc2)n1. The van der Waals surface area contributed by atoms with Crippen molar-refractivity contribution in [3.8, 4) is 5.95 Å². The minimum atomic E-state index is 0.119. The van der Waals surface area contributed by atoms with E-state index < -0.39 is 0 Å². The number of hydrogen-bond acceptors (Lipinski definition) is 6. The van der Waals surface area contributed by atoms with Gasteiger partial charge in [-0.15, -0.1) is 0 Å². The Morgan fingerprint density at radius 3 is 3.00 bits per heavy atom. The second-order valence-electron chi connectivity index (χ2n) is 3.68. The summed E-state index contributed by atoms with van der Waals surface area (Å²) in [6.45, 7) is 0.542. The highest BCUT2D eigenvalue weighted by Gasteiger charge is 2.06. The molecule has 3 heterocycles. The van der Waals surface area contributed by atoms with Gasteiger partial charge in [-0.2, -0.15) is 15.0 Å². The zero-order valence-corrected chi connectivity index (χ0v) is 10.4. The molecule has 0 amide bonds. The minimum Gasteiger partial charge on any atom is -0.472 e. The lowest BCUT2D eigenvalue weighted by Gasteiger charge is -2.05. The van der Waals surface area contributed by atoms with Gasteiger partial charge in [0.05, 0.1) is 12.5 Å². The highest BCUT2D eigenvalue weighted by molar-refractivity contribution is 6.28. The number of halogens is 1. The van der Waals surface area contributed by atoms with Gasteiger partial charge < -0.3 is 9.73 Å². The van der Waals surface area contributed by atoms with Gasteiger partial charge in [0.2, 0.25) is 17.2 Å². The summed E-state index contributed by atoms with van der Waals surface area (Å²) in [6, 6.07) is 1.85. The van der Waals surface area contributed by atoms with Gasteiger partial charge in [0.25, 0.3) is 0 Å². The molecular weight excluding hydrogens is 268 g/mol. The van der Waals surface area contributed by atoms with E-state index in [-0.39, 0.29) is 5.28 Å². The number of furan rings is 1. The molecule has 0 aromatic carbocycles. The van der Waals surface area contributed by atoms with Crippen LogP contribution in [0.15, 0.2) is 41.7 Å². The van der Waals surface area contributed by atoms with Gasteiger partial charge in [-0.05, 0) is 17.7 Å². The van der Waals surface area contributed by atoms with E-state index in [0.29, 0.717) is 18.4 Å². The molecule has 0 aliphatic heterocycles. The maximum Gasteiger partial charge on any atom is 0.241 e. The van der Waals surface area contributed by atoms with Crippen LogP contribution in [0.5, 0.6) is 0 Å². The molecule has 0 saturated carbocycles. The predicted octanol–water partition coefficient (Wildman–Crippen LogP) is 1.92. The number of hydrogen-bond donors (Lipinski definition) is 1. The standard InChI is InChI=1S/C11H9ClN6O/c12-9-15-10(14-5-8-1-4-19-6-8)17-11(16-9)18-3-2-13-7-18/h1-4,6-7H,5H2,(H,14,15,16,17). The Kier molecular flexibility index (Phi) is 3.11. The van der Waals surface area contributed by atoms with Gasteiger partial charge in [0, 0.05) is 24.5 Å². The number of imidazole rings is 1. The summed E-state index contributed by atoms with van der Waals surface area (Å²) in [6.07, 6.45) is 8.20. The number of nitrogens with zero attached hydrogens (tertiary/aromatic N) is 5. The molecule has 0 fully saturated rings. The van der Waals surface area contributed by atoms with E-state index in [4.69, 9.17) is 16.0 Å². The maximum absolute atomic E-state index is 5.87. The molecule has 0 radical (unpaired) electrons. The van der Waals surface area contributed by atoms with Crippen molar-refractivity contribution in [2.75, 3.05) is 5.32 Å². The molecule has 8 heteroatoms. The molecule has 0 bridgehead atoms. The van der Waals surface area contributed by atoms with Crippen LogP contribution in [0.3, 0.4) is 0 Å². The van der Waals surface area contributed by atoms with Crippen LogP contribution in [-0.4, -0.2) is 24.5 Å². The second kappa shape index (κ2) is 5.07. The summed E-state index contributed by atoms with van der Waals surface area (Å²) in [4.78, 5) is 16.2. The maximum atomic E-state index is 5.87. The Morgan fingerprint density at radius 2 is 2.26 bits per heavy atom. The van der Waals surface area contributed by atoms with Crippen molar-refractivity contribution in [2.24, 2.45) is 0 Å². The number of aromatic nitrogens is 5. The fraction of sp³-hybridized carbons (Fsp3) is 0.0909. The van der Waals surface area contributed by atoms with Gasteiger partial charge in [0.15, 0.2) is 0 Å². The third-order valence-corrected chi connectivity index (χ3v) is 2.53. The Hall–Kier alpha value is -2.41. The highest BCUT2D eigenvalue weighted by Crippen LogP contribution is 2.10. The minimum absolute atomic E-state index is 0.119. The summed E-state index contributed by atoms with van der Waals surface area (Å²) < 4.78 is 6.63. The van der Waals surface area contributed by atoms with Crippen LogP contribution in [0.4, 0.5) is 5.95 Å². The molecule has 0 aliphatic carbocycles. The summed E-state index contributed by atoms with van der Waals surface area (Å²) >= 11 is 5.87. The quantitative estimate of drug-likeness (QED) is 0.784. The molecule has 19 heavy (non-hydrogen) atoms. The third-order valence-electron chi connectivity index (χ3n) is 2.36. The molecule has 3 aromatic heterocycles. The van der Waals surface area contributed by atoms with Gasteiger partial charge in [-0.1, -0.05) is 0 Å². The Morgan fingerprint density at radius 1 is 1.32 bits per heavy atom. The molecule has 96 valence electrons. The molecule has 3 aromatic rings. The average molecular weight is 277 g/mol. The number of rotatable bonds is 4. The van der Waals surface area contributed by atoms with Gasteiger partial charge in [0.1, 0.15) is 6.33 Å². The summed E-state index contributed by atoms with van der Waals surface area (Å²) in [7, 11) is 0. The van der Waals surface area contributed by atoms with Gasteiger partial charge >= 0.3 is 0 Å². The largest absolute Gasteiger partial charge is 0.472 e. The number of nitrogens with one attached hydrogen (secondary N) is 1. The first-order valence-corrected chi connectivity index (χ1v) is 5.84. The van der Waals surface area contributed by atoms with Crippen LogP contribution >= 0.6 is 11.6 Å². The van der Waals surface area contributed by atoms with Crippen molar-refractivity contribution in [1.82, 2.24) is 24.5 Å². The topological polar surface area (TPSA) is 81.7 Å². The van der Waals surface area contributed by atoms with E-state index in [9.17, 15) is 0 Å². The van der Waals surface area contributed by atoms with E-state index in [1.165, 1.54) is 0 Å². The van der Waals surface area contributed by atoms with Crippen LogP contribution in [0.2, 0.25) is 5.28 Å². The van der Waals surface area contributed by atoms with Crippen LogP contribution in [0.25, 0.3) is 5.95 Å². The van der Waals surface area contributed by atoms with E-state index in [1.807, 2.05) is 6.07 Å². The van der Waals surface area contributed by atoms with E-state index in [1.54, 1.807) is 35.8 Å². The predicted molar refractivity (Wildman–Crippen MR) is 68.0 cm³/mol. The lowest BCUT2D eigenvalue weighted by molar-refractivity contribution is 0.564. The van der Waals surface area contributed by atoms with Crippen molar-refractivity contribution < 1.29 is 4.42 Å². The molecule has 0 atom stereocenters. The van der Waals surface area contributed by atoms with Crippen molar-refractivity contribution in [3.05, 3.63) is 48.2 Å². The zero-order chi connectivity index (χ0) is 13.1. The second-order valence-corrected chi connectivity index (χ2v) is 4.02. The Bertz CT molecular complexity index is 652. The van der Waals surface area contributed by atoms with Crippen LogP contribution in [0.1, 0.15) is 5.56 Å². The van der Waals surface area contributed by atoms with E-state index in [0.717, 1.165) is 5.56 Å². The zero-order valence-electron chi connectivity index (χ0n) is 9.69. The van der Waals surface area contributed by atoms with Gasteiger partial charge in [-0.3, -0.25) is 4.57 Å². The average Bonchev–Trinajstić information content (AvgIpc) is 3.09. The Balaban J connectivity index is 1.82. The number of anilines is 1. The van der Waals surface area contributed by atoms with Crippen molar-refractivity contribution in [2.45, 2.75) is 6.54 Å². The normalized spacial score (nSPS) is 10.6. The molecule has 0 unspecified atom stereocenters. The fourth-order valence-electron chi connectivity index (χ4n) is 1.49. The molecule has 1 N–H and O–H groups in total. The van der Waals surface area contributed by atoms with Crippen LogP contribution in [-0.2, 0) is 6.54 Å². The Labute approximate surface area is 113 Å². The monoisotopic (exact) mass is 276 g/mol. The molecular formula is C11H9ClN6O. The van der Waals surface area contributed by atoms with Crippen molar-refractivity contribution in [3.63, 3.8) is 0 Å². The molecule has 0 saturated heterocycles.